The summed E-state index contributed by atoms with van der Waals surface area (Å²) in [5, 5.41) is 0. The highest BCUT2D eigenvalue weighted by Gasteiger charge is 2.23. The van der Waals surface area contributed by atoms with Gasteiger partial charge in [0.2, 0.25) is 5.91 Å². The molecule has 6 heteroatoms. The van der Waals surface area contributed by atoms with Gasteiger partial charge in [0.05, 0.1) is 6.61 Å². The summed E-state index contributed by atoms with van der Waals surface area (Å²) in [6, 6.07) is 6.07. The maximum Gasteiger partial charge on any atom is 0.222 e. The van der Waals surface area contributed by atoms with E-state index in [1.54, 1.807) is 18.3 Å². The van der Waals surface area contributed by atoms with Crippen LogP contribution >= 0.6 is 0 Å². The van der Waals surface area contributed by atoms with Gasteiger partial charge in [-0.25, -0.2) is 9.37 Å². The lowest BCUT2D eigenvalue weighted by Gasteiger charge is -2.32. The monoisotopic (exact) mass is 359 g/mol. The summed E-state index contributed by atoms with van der Waals surface area (Å²) in [6.45, 7) is 4.92. The number of nitrogens with zero attached hydrogens (tertiary/aromatic N) is 3. The van der Waals surface area contributed by atoms with E-state index in [2.05, 4.69) is 9.55 Å². The Hall–Kier alpha value is -2.37. The van der Waals surface area contributed by atoms with E-state index < -0.39 is 0 Å². The van der Waals surface area contributed by atoms with Crippen LogP contribution in [-0.2, 0) is 11.3 Å². The molecule has 1 saturated heterocycles. The molecule has 5 nitrogen and oxygen atoms in total. The quantitative estimate of drug-likeness (QED) is 0.761. The van der Waals surface area contributed by atoms with E-state index in [-0.39, 0.29) is 11.7 Å². The van der Waals surface area contributed by atoms with Crippen molar-refractivity contribution >= 4 is 5.91 Å². The van der Waals surface area contributed by atoms with Gasteiger partial charge in [0.15, 0.2) is 0 Å². The number of hydrogen-bond donors (Lipinski definition) is 0. The van der Waals surface area contributed by atoms with Crippen molar-refractivity contribution in [2.75, 3.05) is 19.7 Å². The molecule has 1 aromatic carbocycles. The summed E-state index contributed by atoms with van der Waals surface area (Å²) in [7, 11) is 0. The topological polar surface area (TPSA) is 47.4 Å². The molecule has 3 rings (SSSR count). The number of aromatic nitrogens is 2. The number of halogens is 1. The molecule has 0 radical (unpaired) electrons. The van der Waals surface area contributed by atoms with Crippen LogP contribution in [0.4, 0.5) is 4.39 Å². The van der Waals surface area contributed by atoms with Gasteiger partial charge in [-0.05, 0) is 50.5 Å². The number of likely N-dealkylation sites (tertiary alicyclic amines) is 1. The number of benzene rings is 1. The van der Waals surface area contributed by atoms with Crippen LogP contribution in [0.1, 0.15) is 31.5 Å². The molecule has 2 heterocycles. The van der Waals surface area contributed by atoms with E-state index in [4.69, 9.17) is 4.74 Å². The third kappa shape index (κ3) is 5.07. The Morgan fingerprint density at radius 2 is 2.15 bits per heavy atom. The van der Waals surface area contributed by atoms with Crippen molar-refractivity contribution in [3.63, 3.8) is 0 Å². The minimum absolute atomic E-state index is 0.217. The third-order valence-electron chi connectivity index (χ3n) is 4.88. The normalized spacial score (nSPS) is 17.3. The molecular weight excluding hydrogens is 333 g/mol. The zero-order valence-corrected chi connectivity index (χ0v) is 15.2. The maximum atomic E-state index is 12.9. The van der Waals surface area contributed by atoms with Crippen molar-refractivity contribution in [2.45, 2.75) is 39.2 Å². The number of aryl methyl sites for hydroxylation is 2. The van der Waals surface area contributed by atoms with Gasteiger partial charge in [0.1, 0.15) is 17.4 Å². The molecule has 1 atom stereocenters. The van der Waals surface area contributed by atoms with Crippen LogP contribution in [0, 0.1) is 18.7 Å². The Morgan fingerprint density at radius 1 is 1.35 bits per heavy atom. The lowest BCUT2D eigenvalue weighted by atomic mass is 9.98. The Bertz CT molecular complexity index is 714. The fraction of sp³-hybridized carbons (Fsp3) is 0.500. The van der Waals surface area contributed by atoms with Crippen LogP contribution in [0.5, 0.6) is 5.75 Å². The summed E-state index contributed by atoms with van der Waals surface area (Å²) < 4.78 is 20.8. The summed E-state index contributed by atoms with van der Waals surface area (Å²) in [4.78, 5) is 18.6. The molecule has 0 aliphatic carbocycles. The zero-order valence-electron chi connectivity index (χ0n) is 15.2. The summed E-state index contributed by atoms with van der Waals surface area (Å²) in [6.07, 6.45) is 7.17. The van der Waals surface area contributed by atoms with Gasteiger partial charge < -0.3 is 14.2 Å². The highest BCUT2D eigenvalue weighted by molar-refractivity contribution is 5.76. The van der Waals surface area contributed by atoms with Crippen molar-refractivity contribution in [1.29, 1.82) is 0 Å². The Balaban J connectivity index is 1.41. The Labute approximate surface area is 153 Å². The number of imidazole rings is 1. The van der Waals surface area contributed by atoms with Gasteiger partial charge in [-0.3, -0.25) is 4.79 Å². The minimum atomic E-state index is -0.266. The van der Waals surface area contributed by atoms with Gasteiger partial charge >= 0.3 is 0 Å². The second-order valence-corrected chi connectivity index (χ2v) is 6.88. The smallest absolute Gasteiger partial charge is 0.222 e. The van der Waals surface area contributed by atoms with Crippen molar-refractivity contribution in [3.05, 3.63) is 48.3 Å². The van der Waals surface area contributed by atoms with Gasteiger partial charge in [-0.2, -0.15) is 0 Å². The molecule has 26 heavy (non-hydrogen) atoms. The van der Waals surface area contributed by atoms with Crippen LogP contribution in [0.2, 0.25) is 0 Å². The number of amides is 1. The van der Waals surface area contributed by atoms with Crippen LogP contribution in [0.15, 0.2) is 36.7 Å². The van der Waals surface area contributed by atoms with Gasteiger partial charge in [-0.1, -0.05) is 0 Å². The molecule has 1 unspecified atom stereocenters. The first kappa shape index (κ1) is 18.4. The molecule has 2 aromatic rings. The highest BCUT2D eigenvalue weighted by Crippen LogP contribution is 2.20. The average Bonchev–Trinajstić information content (AvgIpc) is 3.06. The zero-order chi connectivity index (χ0) is 18.4. The van der Waals surface area contributed by atoms with Crippen molar-refractivity contribution in [3.8, 4) is 5.75 Å². The number of rotatable bonds is 7. The van der Waals surface area contributed by atoms with Gasteiger partial charge in [0, 0.05) is 44.4 Å². The number of carbonyl (C=O) groups is 1. The van der Waals surface area contributed by atoms with Crippen LogP contribution in [0.25, 0.3) is 0 Å². The molecule has 0 spiro atoms. The van der Waals surface area contributed by atoms with E-state index in [1.165, 1.54) is 12.1 Å². The lowest BCUT2D eigenvalue weighted by Crippen LogP contribution is -2.41. The molecule has 1 aromatic heterocycles. The van der Waals surface area contributed by atoms with Crippen LogP contribution in [-0.4, -0.2) is 40.1 Å². The van der Waals surface area contributed by atoms with Crippen molar-refractivity contribution in [2.24, 2.45) is 5.92 Å². The maximum absolute atomic E-state index is 12.9. The largest absolute Gasteiger partial charge is 0.493 e. The van der Waals surface area contributed by atoms with Crippen molar-refractivity contribution < 1.29 is 13.9 Å². The van der Waals surface area contributed by atoms with Crippen molar-refractivity contribution in [1.82, 2.24) is 14.5 Å². The second kappa shape index (κ2) is 8.83. The van der Waals surface area contributed by atoms with Crippen LogP contribution in [0.3, 0.4) is 0 Å². The molecule has 1 aliphatic heterocycles. The number of carbonyl (C=O) groups excluding carboxylic acids is 1. The molecular formula is C20H26FN3O2. The average molecular weight is 359 g/mol. The molecule has 0 N–H and O–H groups in total. The Kier molecular flexibility index (Phi) is 6.26. The van der Waals surface area contributed by atoms with E-state index in [0.717, 1.165) is 44.7 Å². The van der Waals surface area contributed by atoms with E-state index in [1.807, 2.05) is 18.0 Å². The summed E-state index contributed by atoms with van der Waals surface area (Å²) in [5.74, 6) is 1.93. The van der Waals surface area contributed by atoms with E-state index in [9.17, 15) is 9.18 Å². The highest BCUT2D eigenvalue weighted by atomic mass is 19.1. The van der Waals surface area contributed by atoms with Crippen LogP contribution < -0.4 is 4.74 Å². The molecule has 140 valence electrons. The molecule has 1 fully saturated rings. The van der Waals surface area contributed by atoms with Gasteiger partial charge in [-0.15, -0.1) is 0 Å². The first-order chi connectivity index (χ1) is 12.6. The number of hydrogen-bond acceptors (Lipinski definition) is 3. The standard InChI is InChI=1S/C20H26FN3O2/c1-16-22-10-13-23(16)11-3-5-20(25)24-12-2-4-17(14-24)15-26-19-8-6-18(21)7-9-19/h6-10,13,17H,2-5,11-12,14-15H2,1H3. The lowest BCUT2D eigenvalue weighted by molar-refractivity contribution is -0.133. The number of ether oxygens (including phenoxy) is 1. The molecule has 0 bridgehead atoms. The Morgan fingerprint density at radius 3 is 2.88 bits per heavy atom. The first-order valence-corrected chi connectivity index (χ1v) is 9.25. The molecule has 1 aliphatic rings. The van der Waals surface area contributed by atoms with Gasteiger partial charge in [0.25, 0.3) is 0 Å². The predicted molar refractivity (Wildman–Crippen MR) is 97.4 cm³/mol. The molecule has 1 amide bonds. The predicted octanol–water partition coefficient (Wildman–Crippen LogP) is 3.43. The van der Waals surface area contributed by atoms with E-state index in [0.29, 0.717) is 24.7 Å². The third-order valence-corrected chi connectivity index (χ3v) is 4.88. The second-order valence-electron chi connectivity index (χ2n) is 6.88. The SMILES string of the molecule is Cc1nccn1CCCC(=O)N1CCCC(COc2ccc(F)cc2)C1. The molecule has 0 saturated carbocycles. The summed E-state index contributed by atoms with van der Waals surface area (Å²) in [5.41, 5.74) is 0. The fourth-order valence-electron chi connectivity index (χ4n) is 3.37. The minimum Gasteiger partial charge on any atom is -0.493 e. The summed E-state index contributed by atoms with van der Waals surface area (Å²) >= 11 is 0. The fourth-order valence-corrected chi connectivity index (χ4v) is 3.37. The first-order valence-electron chi connectivity index (χ1n) is 9.25. The van der Waals surface area contributed by atoms with E-state index >= 15 is 0 Å². The number of piperidine rings is 1.